The van der Waals surface area contributed by atoms with Gasteiger partial charge in [-0.15, -0.1) is 0 Å². The molecule has 0 unspecified atom stereocenters. The third kappa shape index (κ3) is 4.25. The largest absolute Gasteiger partial charge is 0.383 e. The van der Waals surface area contributed by atoms with E-state index in [9.17, 15) is 8.78 Å². The monoisotopic (exact) mass is 262 g/mol. The summed E-state index contributed by atoms with van der Waals surface area (Å²) in [6.45, 7) is 3.28. The maximum absolute atomic E-state index is 12.9. The van der Waals surface area contributed by atoms with Gasteiger partial charge >= 0.3 is 0 Å². The van der Waals surface area contributed by atoms with Crippen LogP contribution in [0.15, 0.2) is 42.5 Å². The van der Waals surface area contributed by atoms with Gasteiger partial charge in [-0.3, -0.25) is 0 Å². The third-order valence-electron chi connectivity index (χ3n) is 2.70. The number of aryl methyl sites for hydroxylation is 1. The first-order valence-electron chi connectivity index (χ1n) is 6.14. The molecule has 4 heteroatoms. The van der Waals surface area contributed by atoms with Gasteiger partial charge in [-0.1, -0.05) is 17.7 Å². The molecule has 2 N–H and O–H groups in total. The lowest BCUT2D eigenvalue weighted by Crippen LogP contribution is -2.13. The van der Waals surface area contributed by atoms with E-state index in [2.05, 4.69) is 10.6 Å². The van der Waals surface area contributed by atoms with Gasteiger partial charge in [0, 0.05) is 30.5 Å². The molecule has 2 nitrogen and oxygen atoms in total. The summed E-state index contributed by atoms with van der Waals surface area (Å²) in [5.41, 5.74) is 2.68. The van der Waals surface area contributed by atoms with Crippen LogP contribution in [-0.4, -0.2) is 13.1 Å². The molecular formula is C15H16F2N2. The van der Waals surface area contributed by atoms with Crippen LogP contribution in [0, 0.1) is 18.6 Å². The van der Waals surface area contributed by atoms with Crippen molar-refractivity contribution in [3.8, 4) is 0 Å². The summed E-state index contributed by atoms with van der Waals surface area (Å²) in [4.78, 5) is 0. The van der Waals surface area contributed by atoms with Crippen molar-refractivity contribution in [2.75, 3.05) is 23.7 Å². The summed E-state index contributed by atoms with van der Waals surface area (Å²) in [7, 11) is 0. The first-order chi connectivity index (χ1) is 9.13. The second-order valence-corrected chi connectivity index (χ2v) is 4.38. The highest BCUT2D eigenvalue weighted by atomic mass is 19.1. The third-order valence-corrected chi connectivity index (χ3v) is 2.70. The zero-order valence-corrected chi connectivity index (χ0v) is 10.7. The number of benzene rings is 2. The second-order valence-electron chi connectivity index (χ2n) is 4.38. The van der Waals surface area contributed by atoms with E-state index >= 15 is 0 Å². The van der Waals surface area contributed by atoms with E-state index < -0.39 is 11.6 Å². The van der Waals surface area contributed by atoms with Gasteiger partial charge in [-0.25, -0.2) is 8.78 Å². The Morgan fingerprint density at radius 2 is 1.32 bits per heavy atom. The second kappa shape index (κ2) is 6.18. The number of halogens is 2. The molecule has 0 aliphatic carbocycles. The zero-order chi connectivity index (χ0) is 13.7. The molecule has 2 aromatic rings. The lowest BCUT2D eigenvalue weighted by molar-refractivity contribution is 0.584. The van der Waals surface area contributed by atoms with Crippen molar-refractivity contribution in [3.63, 3.8) is 0 Å². The summed E-state index contributed by atoms with van der Waals surface area (Å²) in [6.07, 6.45) is 0. The van der Waals surface area contributed by atoms with Crippen molar-refractivity contribution in [3.05, 3.63) is 59.7 Å². The molecule has 0 atom stereocenters. The van der Waals surface area contributed by atoms with Crippen LogP contribution in [-0.2, 0) is 0 Å². The molecule has 0 saturated heterocycles. The predicted octanol–water partition coefficient (Wildman–Crippen LogP) is 3.80. The maximum atomic E-state index is 12.9. The van der Waals surface area contributed by atoms with Crippen molar-refractivity contribution in [2.24, 2.45) is 0 Å². The Morgan fingerprint density at radius 1 is 0.789 bits per heavy atom. The van der Waals surface area contributed by atoms with E-state index in [-0.39, 0.29) is 0 Å². The fourth-order valence-electron chi connectivity index (χ4n) is 1.74. The zero-order valence-electron chi connectivity index (χ0n) is 10.7. The van der Waals surface area contributed by atoms with Gasteiger partial charge in [0.05, 0.1) is 0 Å². The van der Waals surface area contributed by atoms with Crippen molar-refractivity contribution < 1.29 is 8.78 Å². The van der Waals surface area contributed by atoms with Crippen LogP contribution in [0.3, 0.4) is 0 Å². The molecule has 0 aliphatic heterocycles. The number of anilines is 2. The van der Waals surface area contributed by atoms with Gasteiger partial charge in [-0.2, -0.15) is 0 Å². The van der Waals surface area contributed by atoms with Crippen molar-refractivity contribution in [1.29, 1.82) is 0 Å². The Hall–Kier alpha value is -2.10. The van der Waals surface area contributed by atoms with Crippen molar-refractivity contribution in [2.45, 2.75) is 6.92 Å². The summed E-state index contributed by atoms with van der Waals surface area (Å²) in [6, 6.07) is 11.4. The van der Waals surface area contributed by atoms with Crippen molar-refractivity contribution in [1.82, 2.24) is 0 Å². The Bertz CT molecular complexity index is 518. The highest BCUT2D eigenvalue weighted by Gasteiger charge is 1.99. The van der Waals surface area contributed by atoms with Gasteiger partial charge in [0.1, 0.15) is 11.6 Å². The Morgan fingerprint density at radius 3 is 1.89 bits per heavy atom. The molecule has 0 bridgehead atoms. The van der Waals surface area contributed by atoms with Gasteiger partial charge < -0.3 is 10.6 Å². The molecule has 0 radical (unpaired) electrons. The molecule has 0 spiro atoms. The van der Waals surface area contributed by atoms with Crippen molar-refractivity contribution >= 4 is 11.4 Å². The highest BCUT2D eigenvalue weighted by Crippen LogP contribution is 2.12. The van der Waals surface area contributed by atoms with E-state index in [0.717, 1.165) is 11.8 Å². The molecule has 2 rings (SSSR count). The average Bonchev–Trinajstić information content (AvgIpc) is 2.36. The average molecular weight is 262 g/mol. The minimum atomic E-state index is -0.575. The van der Waals surface area contributed by atoms with E-state index in [1.54, 1.807) is 0 Å². The number of nitrogens with one attached hydrogen (secondary N) is 2. The van der Waals surface area contributed by atoms with Gasteiger partial charge in [0.2, 0.25) is 0 Å². The van der Waals surface area contributed by atoms with Crippen LogP contribution in [0.25, 0.3) is 0 Å². The summed E-state index contributed by atoms with van der Waals surface area (Å²) in [5.74, 6) is -1.15. The standard InChI is InChI=1S/C15H16F2N2/c1-11-2-4-14(5-3-11)18-6-7-19-15-9-12(16)8-13(17)10-15/h2-5,8-10,18-19H,6-7H2,1H3. The summed E-state index contributed by atoms with van der Waals surface area (Å²) >= 11 is 0. The number of hydrogen-bond acceptors (Lipinski definition) is 2. The SMILES string of the molecule is Cc1ccc(NCCNc2cc(F)cc(F)c2)cc1. The van der Waals surface area contributed by atoms with Crippen LogP contribution in [0.4, 0.5) is 20.2 Å². The summed E-state index contributed by atoms with van der Waals surface area (Å²) < 4.78 is 25.9. The molecule has 100 valence electrons. The molecule has 0 saturated carbocycles. The summed E-state index contributed by atoms with van der Waals surface area (Å²) in [5, 5.41) is 6.19. The van der Waals surface area contributed by atoms with Gasteiger partial charge in [0.25, 0.3) is 0 Å². The fourth-order valence-corrected chi connectivity index (χ4v) is 1.74. The van der Waals surface area contributed by atoms with Gasteiger partial charge in [0.15, 0.2) is 0 Å². The molecular weight excluding hydrogens is 246 g/mol. The maximum Gasteiger partial charge on any atom is 0.128 e. The Labute approximate surface area is 111 Å². The molecule has 0 amide bonds. The fraction of sp³-hybridized carbons (Fsp3) is 0.200. The van der Waals surface area contributed by atoms with Crippen LogP contribution in [0.2, 0.25) is 0 Å². The number of rotatable bonds is 5. The molecule has 0 heterocycles. The normalized spacial score (nSPS) is 10.3. The minimum absolute atomic E-state index is 0.447. The number of hydrogen-bond donors (Lipinski definition) is 2. The topological polar surface area (TPSA) is 24.1 Å². The van der Waals surface area contributed by atoms with E-state index in [4.69, 9.17) is 0 Å². The molecule has 0 aliphatic rings. The first-order valence-corrected chi connectivity index (χ1v) is 6.14. The highest BCUT2D eigenvalue weighted by molar-refractivity contribution is 5.46. The van der Waals surface area contributed by atoms with Crippen LogP contribution >= 0.6 is 0 Å². The molecule has 2 aromatic carbocycles. The van der Waals surface area contributed by atoms with Crippen LogP contribution in [0.1, 0.15) is 5.56 Å². The molecule has 0 fully saturated rings. The Balaban J connectivity index is 1.79. The first kappa shape index (κ1) is 13.3. The molecule has 19 heavy (non-hydrogen) atoms. The smallest absolute Gasteiger partial charge is 0.128 e. The van der Waals surface area contributed by atoms with Crippen LogP contribution in [0.5, 0.6) is 0 Å². The lowest BCUT2D eigenvalue weighted by Gasteiger charge is -2.09. The van der Waals surface area contributed by atoms with Gasteiger partial charge in [-0.05, 0) is 31.2 Å². The Kier molecular flexibility index (Phi) is 4.34. The van der Waals surface area contributed by atoms with Crippen LogP contribution < -0.4 is 10.6 Å². The quantitative estimate of drug-likeness (QED) is 0.801. The predicted molar refractivity (Wildman–Crippen MR) is 74.5 cm³/mol. The lowest BCUT2D eigenvalue weighted by atomic mass is 10.2. The van der Waals surface area contributed by atoms with E-state index in [1.807, 2.05) is 31.2 Å². The van der Waals surface area contributed by atoms with E-state index in [0.29, 0.717) is 18.8 Å². The van der Waals surface area contributed by atoms with E-state index in [1.165, 1.54) is 17.7 Å². The minimum Gasteiger partial charge on any atom is -0.383 e. The molecule has 0 aromatic heterocycles.